The molecule has 0 fully saturated rings. The number of carbonyl (C=O) groups is 2. The van der Waals surface area contributed by atoms with Crippen molar-refractivity contribution in [2.24, 2.45) is 0 Å². The van der Waals surface area contributed by atoms with E-state index in [1.165, 1.54) is 19.2 Å². The summed E-state index contributed by atoms with van der Waals surface area (Å²) in [7, 11) is 0. The standard InChI is InChI=1S/C18H18Cl2N2O4/c1-3-15(26-13-7-5-4-6-8-13)18(24)25-11(2)17(23)22-16-14(20)9-12(19)10-21-16/h4-11,15H,3H2,1-2H3,(H,21,22,23)/t11-,15-/m1/s1. The first kappa shape index (κ1) is 20.0. The van der Waals surface area contributed by atoms with Gasteiger partial charge in [0.15, 0.2) is 18.0 Å². The van der Waals surface area contributed by atoms with Crippen molar-refractivity contribution in [1.29, 1.82) is 0 Å². The lowest BCUT2D eigenvalue weighted by Crippen LogP contribution is -2.36. The second-order valence-electron chi connectivity index (χ2n) is 5.38. The topological polar surface area (TPSA) is 77.5 Å². The molecule has 0 aliphatic heterocycles. The van der Waals surface area contributed by atoms with Gasteiger partial charge in [-0.25, -0.2) is 9.78 Å². The zero-order chi connectivity index (χ0) is 19.1. The number of anilines is 1. The predicted molar refractivity (Wildman–Crippen MR) is 99.6 cm³/mol. The highest BCUT2D eigenvalue weighted by atomic mass is 35.5. The number of ether oxygens (including phenoxy) is 2. The van der Waals surface area contributed by atoms with Crippen molar-refractivity contribution in [3.63, 3.8) is 0 Å². The number of nitrogens with one attached hydrogen (secondary N) is 1. The number of esters is 1. The van der Waals surface area contributed by atoms with E-state index in [1.54, 1.807) is 31.2 Å². The third-order valence-corrected chi connectivity index (χ3v) is 3.86. The summed E-state index contributed by atoms with van der Waals surface area (Å²) in [6, 6.07) is 10.4. The lowest BCUT2D eigenvalue weighted by molar-refractivity contribution is -0.160. The van der Waals surface area contributed by atoms with E-state index in [1.807, 2.05) is 6.07 Å². The number of hydrogen-bond donors (Lipinski definition) is 1. The van der Waals surface area contributed by atoms with E-state index < -0.39 is 24.1 Å². The predicted octanol–water partition coefficient (Wildman–Crippen LogP) is 4.12. The van der Waals surface area contributed by atoms with E-state index in [4.69, 9.17) is 32.7 Å². The van der Waals surface area contributed by atoms with Crippen molar-refractivity contribution < 1.29 is 19.1 Å². The van der Waals surface area contributed by atoms with Crippen LogP contribution in [0, 0.1) is 0 Å². The van der Waals surface area contributed by atoms with Crippen LogP contribution in [0.5, 0.6) is 5.75 Å². The van der Waals surface area contributed by atoms with Crippen LogP contribution in [0.15, 0.2) is 42.6 Å². The zero-order valence-electron chi connectivity index (χ0n) is 14.2. The van der Waals surface area contributed by atoms with E-state index in [0.29, 0.717) is 17.2 Å². The van der Waals surface area contributed by atoms with Gasteiger partial charge in [-0.2, -0.15) is 0 Å². The second kappa shape index (κ2) is 9.40. The monoisotopic (exact) mass is 396 g/mol. The minimum Gasteiger partial charge on any atom is -0.479 e. The molecule has 2 atom stereocenters. The maximum Gasteiger partial charge on any atom is 0.348 e. The van der Waals surface area contributed by atoms with Gasteiger partial charge in [-0.05, 0) is 31.5 Å². The molecule has 1 aromatic heterocycles. The van der Waals surface area contributed by atoms with Crippen molar-refractivity contribution >= 4 is 40.9 Å². The van der Waals surface area contributed by atoms with Crippen molar-refractivity contribution in [3.05, 3.63) is 52.6 Å². The normalized spacial score (nSPS) is 12.8. The fourth-order valence-corrected chi connectivity index (χ4v) is 2.42. The molecule has 1 N–H and O–H groups in total. The Morgan fingerprint density at radius 1 is 1.23 bits per heavy atom. The molecule has 0 unspecified atom stereocenters. The number of aromatic nitrogens is 1. The number of amides is 1. The maximum absolute atomic E-state index is 12.3. The van der Waals surface area contributed by atoms with Crippen LogP contribution in [-0.4, -0.2) is 29.1 Å². The van der Waals surface area contributed by atoms with E-state index in [9.17, 15) is 9.59 Å². The van der Waals surface area contributed by atoms with Crippen molar-refractivity contribution in [1.82, 2.24) is 4.98 Å². The second-order valence-corrected chi connectivity index (χ2v) is 6.22. The summed E-state index contributed by atoms with van der Waals surface area (Å²) in [5.41, 5.74) is 0. The number of benzene rings is 1. The molecule has 6 nitrogen and oxygen atoms in total. The Bertz CT molecular complexity index is 771. The average Bonchev–Trinajstić information content (AvgIpc) is 2.62. The number of hydrogen-bond acceptors (Lipinski definition) is 5. The zero-order valence-corrected chi connectivity index (χ0v) is 15.8. The van der Waals surface area contributed by atoms with E-state index in [0.717, 1.165) is 0 Å². The first-order valence-electron chi connectivity index (χ1n) is 7.94. The van der Waals surface area contributed by atoms with Crippen LogP contribution < -0.4 is 10.1 Å². The van der Waals surface area contributed by atoms with Gasteiger partial charge in [0.1, 0.15) is 5.75 Å². The van der Waals surface area contributed by atoms with Crippen molar-refractivity contribution in [2.45, 2.75) is 32.5 Å². The van der Waals surface area contributed by atoms with Gasteiger partial charge in [0.2, 0.25) is 0 Å². The Hall–Kier alpha value is -2.31. The van der Waals surface area contributed by atoms with E-state index in [-0.39, 0.29) is 10.8 Å². The largest absolute Gasteiger partial charge is 0.479 e. The molecule has 2 aromatic rings. The van der Waals surface area contributed by atoms with Crippen molar-refractivity contribution in [3.8, 4) is 5.75 Å². The van der Waals surface area contributed by atoms with Crippen molar-refractivity contribution in [2.75, 3.05) is 5.32 Å². The van der Waals surface area contributed by atoms with E-state index >= 15 is 0 Å². The highest BCUT2D eigenvalue weighted by Crippen LogP contribution is 2.22. The van der Waals surface area contributed by atoms with E-state index in [2.05, 4.69) is 10.3 Å². The van der Waals surface area contributed by atoms with Gasteiger partial charge in [0.05, 0.1) is 10.0 Å². The molecule has 0 radical (unpaired) electrons. The smallest absolute Gasteiger partial charge is 0.348 e. The van der Waals surface area contributed by atoms with Gasteiger partial charge in [0.25, 0.3) is 5.91 Å². The van der Waals surface area contributed by atoms with Crippen LogP contribution in [0.25, 0.3) is 0 Å². The Balaban J connectivity index is 1.94. The van der Waals surface area contributed by atoms with Gasteiger partial charge in [-0.15, -0.1) is 0 Å². The van der Waals surface area contributed by atoms with Gasteiger partial charge < -0.3 is 14.8 Å². The SMILES string of the molecule is CC[C@@H](Oc1ccccc1)C(=O)O[C@H](C)C(=O)Nc1ncc(Cl)cc1Cl. The Morgan fingerprint density at radius 3 is 2.54 bits per heavy atom. The van der Waals surface area contributed by atoms with Crippen LogP contribution in [0.3, 0.4) is 0 Å². The van der Waals surface area contributed by atoms with Crippen LogP contribution >= 0.6 is 23.2 Å². The van der Waals surface area contributed by atoms with Gasteiger partial charge in [0, 0.05) is 6.20 Å². The molecular formula is C18H18Cl2N2O4. The molecule has 0 saturated carbocycles. The maximum atomic E-state index is 12.3. The molecule has 0 aliphatic rings. The average molecular weight is 397 g/mol. The highest BCUT2D eigenvalue weighted by molar-refractivity contribution is 6.36. The number of rotatable bonds is 7. The molecule has 0 bridgehead atoms. The van der Waals surface area contributed by atoms with Gasteiger partial charge in [-0.3, -0.25) is 4.79 Å². The molecule has 8 heteroatoms. The Labute approximate surface area is 161 Å². The summed E-state index contributed by atoms with van der Waals surface area (Å²) < 4.78 is 10.8. The number of pyridine rings is 1. The summed E-state index contributed by atoms with van der Waals surface area (Å²) in [4.78, 5) is 28.4. The summed E-state index contributed by atoms with van der Waals surface area (Å²) in [5, 5.41) is 3.02. The van der Waals surface area contributed by atoms with Crippen LogP contribution in [0.1, 0.15) is 20.3 Å². The fourth-order valence-electron chi connectivity index (χ4n) is 1.99. The highest BCUT2D eigenvalue weighted by Gasteiger charge is 2.26. The fraction of sp³-hybridized carbons (Fsp3) is 0.278. The van der Waals surface area contributed by atoms with Crippen LogP contribution in [0.4, 0.5) is 5.82 Å². The lowest BCUT2D eigenvalue weighted by Gasteiger charge is -2.19. The quantitative estimate of drug-likeness (QED) is 0.712. The molecule has 0 spiro atoms. The summed E-state index contributed by atoms with van der Waals surface area (Å²) >= 11 is 11.7. The van der Waals surface area contributed by atoms with Gasteiger partial charge >= 0.3 is 5.97 Å². The number of carbonyl (C=O) groups excluding carboxylic acids is 2. The number of para-hydroxylation sites is 1. The molecular weight excluding hydrogens is 379 g/mol. The Morgan fingerprint density at radius 2 is 1.92 bits per heavy atom. The summed E-state index contributed by atoms with van der Waals surface area (Å²) in [6.07, 6.45) is -0.123. The molecule has 1 amide bonds. The number of nitrogens with zero attached hydrogens (tertiary/aromatic N) is 1. The third-order valence-electron chi connectivity index (χ3n) is 3.37. The minimum absolute atomic E-state index is 0.136. The third kappa shape index (κ3) is 5.61. The molecule has 0 saturated heterocycles. The first-order valence-corrected chi connectivity index (χ1v) is 8.70. The molecule has 138 valence electrons. The first-order chi connectivity index (χ1) is 12.4. The molecule has 1 heterocycles. The molecule has 1 aromatic carbocycles. The van der Waals surface area contributed by atoms with Gasteiger partial charge in [-0.1, -0.05) is 48.3 Å². The van der Waals surface area contributed by atoms with Crippen LogP contribution in [-0.2, 0) is 14.3 Å². The molecule has 0 aliphatic carbocycles. The lowest BCUT2D eigenvalue weighted by atomic mass is 10.2. The summed E-state index contributed by atoms with van der Waals surface area (Å²) in [6.45, 7) is 3.24. The summed E-state index contributed by atoms with van der Waals surface area (Å²) in [5.74, 6) is -0.513. The molecule has 26 heavy (non-hydrogen) atoms. The van der Waals surface area contributed by atoms with Crippen LogP contribution in [0.2, 0.25) is 10.0 Å². The number of halogens is 2. The molecule has 2 rings (SSSR count). The Kier molecular flexibility index (Phi) is 7.24. The minimum atomic E-state index is -1.05.